The molecule has 1 N–H and O–H groups in total. The van der Waals surface area contributed by atoms with Gasteiger partial charge in [0.2, 0.25) is 5.82 Å². The first kappa shape index (κ1) is 23.8. The van der Waals surface area contributed by atoms with Crippen LogP contribution in [-0.2, 0) is 10.1 Å². The molecule has 0 aliphatic carbocycles. The number of hydrogen-bond donors (Lipinski definition) is 1. The van der Waals surface area contributed by atoms with Gasteiger partial charge in [-0.25, -0.2) is 22.0 Å². The van der Waals surface area contributed by atoms with Crippen LogP contribution in [0.2, 0.25) is 10.0 Å². The molecule has 0 saturated carbocycles. The van der Waals surface area contributed by atoms with E-state index in [0.29, 0.717) is 0 Å². The van der Waals surface area contributed by atoms with Crippen LogP contribution in [0.3, 0.4) is 0 Å². The smallest absolute Gasteiger partial charge is 0.345 e. The SMILES string of the molecule is O=C(Nc1cccc(OS(=O)(=O)c2c(F)c(F)c(F)c(F)c2F)c1)c1cc(Cl)cc(Cl)c1. The zero-order valence-electron chi connectivity index (χ0n) is 15.2. The number of rotatable bonds is 5. The average molecular weight is 512 g/mol. The van der Waals surface area contributed by atoms with Crippen LogP contribution in [0.25, 0.3) is 0 Å². The van der Waals surface area contributed by atoms with Crippen molar-refractivity contribution < 1.29 is 39.3 Å². The molecular formula is C19H8Cl2F5NO4S. The van der Waals surface area contributed by atoms with Crippen LogP contribution in [0.5, 0.6) is 5.75 Å². The zero-order valence-corrected chi connectivity index (χ0v) is 17.6. The van der Waals surface area contributed by atoms with Crippen molar-refractivity contribution in [3.63, 3.8) is 0 Å². The van der Waals surface area contributed by atoms with E-state index in [1.807, 2.05) is 0 Å². The molecule has 0 aliphatic rings. The summed E-state index contributed by atoms with van der Waals surface area (Å²) in [6.07, 6.45) is 0. The van der Waals surface area contributed by atoms with Crippen LogP contribution in [0.15, 0.2) is 47.4 Å². The Bertz CT molecular complexity index is 1300. The lowest BCUT2D eigenvalue weighted by Crippen LogP contribution is -2.18. The lowest BCUT2D eigenvalue weighted by molar-refractivity contribution is 0.102. The fourth-order valence-electron chi connectivity index (χ4n) is 2.49. The first-order chi connectivity index (χ1) is 14.9. The number of nitrogens with one attached hydrogen (secondary N) is 1. The summed E-state index contributed by atoms with van der Waals surface area (Å²) in [6, 6.07) is 8.45. The second kappa shape index (κ2) is 8.93. The monoisotopic (exact) mass is 511 g/mol. The third-order valence-corrected chi connectivity index (χ3v) is 5.55. The normalized spacial score (nSPS) is 11.3. The Morgan fingerprint density at radius 1 is 0.812 bits per heavy atom. The van der Waals surface area contributed by atoms with Gasteiger partial charge in [-0.15, -0.1) is 0 Å². The summed E-state index contributed by atoms with van der Waals surface area (Å²) >= 11 is 11.6. The third kappa shape index (κ3) is 4.79. The molecule has 13 heteroatoms. The lowest BCUT2D eigenvalue weighted by Gasteiger charge is -2.12. The number of carbonyl (C=O) groups is 1. The molecule has 3 aromatic carbocycles. The summed E-state index contributed by atoms with van der Waals surface area (Å²) in [5.74, 6) is -13.9. The maximum Gasteiger partial charge on any atom is 0.345 e. The highest BCUT2D eigenvalue weighted by molar-refractivity contribution is 7.87. The molecule has 0 unspecified atom stereocenters. The van der Waals surface area contributed by atoms with Gasteiger partial charge in [-0.1, -0.05) is 29.3 Å². The summed E-state index contributed by atoms with van der Waals surface area (Å²) in [4.78, 5) is 10.2. The molecule has 0 radical (unpaired) electrons. The molecule has 0 heterocycles. The van der Waals surface area contributed by atoms with Gasteiger partial charge < -0.3 is 9.50 Å². The van der Waals surface area contributed by atoms with Gasteiger partial charge in [0.25, 0.3) is 5.91 Å². The van der Waals surface area contributed by atoms with Crippen molar-refractivity contribution in [3.8, 4) is 5.75 Å². The van der Waals surface area contributed by atoms with E-state index < -0.39 is 55.8 Å². The molecular weight excluding hydrogens is 504 g/mol. The fourth-order valence-corrected chi connectivity index (χ4v) is 4.07. The predicted octanol–water partition coefficient (Wildman–Crippen LogP) is 5.71. The van der Waals surface area contributed by atoms with Gasteiger partial charge in [0.15, 0.2) is 28.2 Å². The largest absolute Gasteiger partial charge is 0.379 e. The number of halogens is 7. The molecule has 0 aliphatic heterocycles. The molecule has 3 rings (SSSR count). The summed E-state index contributed by atoms with van der Waals surface area (Å²) < 4.78 is 96.5. The minimum atomic E-state index is -5.49. The number of anilines is 1. The van der Waals surface area contributed by atoms with E-state index in [1.165, 1.54) is 30.3 Å². The summed E-state index contributed by atoms with van der Waals surface area (Å²) in [5, 5.41) is 2.73. The van der Waals surface area contributed by atoms with Crippen LogP contribution in [0.1, 0.15) is 10.4 Å². The van der Waals surface area contributed by atoms with E-state index in [2.05, 4.69) is 9.50 Å². The minimum Gasteiger partial charge on any atom is -0.379 e. The Hall–Kier alpha value is -2.89. The first-order valence-corrected chi connectivity index (χ1v) is 10.4. The van der Waals surface area contributed by atoms with Crippen LogP contribution in [0.4, 0.5) is 27.6 Å². The highest BCUT2D eigenvalue weighted by Gasteiger charge is 2.35. The molecule has 168 valence electrons. The van der Waals surface area contributed by atoms with Crippen molar-refractivity contribution in [1.82, 2.24) is 0 Å². The summed E-state index contributed by atoms with van der Waals surface area (Å²) in [6.45, 7) is 0. The first-order valence-electron chi connectivity index (χ1n) is 8.24. The molecule has 0 atom stereocenters. The van der Waals surface area contributed by atoms with Gasteiger partial charge >= 0.3 is 10.1 Å². The Kier molecular flexibility index (Phi) is 6.63. The van der Waals surface area contributed by atoms with Gasteiger partial charge in [-0.2, -0.15) is 8.42 Å². The van der Waals surface area contributed by atoms with Crippen molar-refractivity contribution in [2.75, 3.05) is 5.32 Å². The van der Waals surface area contributed by atoms with Crippen molar-refractivity contribution in [1.29, 1.82) is 0 Å². The Balaban J connectivity index is 1.90. The van der Waals surface area contributed by atoms with Crippen LogP contribution < -0.4 is 9.50 Å². The minimum absolute atomic E-state index is 0.0313. The topological polar surface area (TPSA) is 72.5 Å². The molecule has 32 heavy (non-hydrogen) atoms. The molecule has 0 spiro atoms. The van der Waals surface area contributed by atoms with Gasteiger partial charge in [-0.05, 0) is 30.3 Å². The Morgan fingerprint density at radius 2 is 1.34 bits per heavy atom. The number of amides is 1. The van der Waals surface area contributed by atoms with E-state index in [1.54, 1.807) is 0 Å². The van der Waals surface area contributed by atoms with Crippen molar-refractivity contribution in [2.45, 2.75) is 4.90 Å². The Labute approximate surface area is 187 Å². The Morgan fingerprint density at radius 3 is 1.91 bits per heavy atom. The predicted molar refractivity (Wildman–Crippen MR) is 105 cm³/mol. The molecule has 0 bridgehead atoms. The van der Waals surface area contributed by atoms with Crippen LogP contribution in [0, 0.1) is 29.1 Å². The quantitative estimate of drug-likeness (QED) is 0.206. The standard InChI is InChI=1S/C19H8Cl2F5NO4S/c20-9-4-8(5-10(21)6-9)19(28)27-11-2-1-3-12(7-11)31-32(29,30)18-16(25)14(23)13(22)15(24)17(18)26/h1-7H,(H,27,28). The van der Waals surface area contributed by atoms with Gasteiger partial charge in [0, 0.05) is 27.4 Å². The van der Waals surface area contributed by atoms with Gasteiger partial charge in [-0.3, -0.25) is 4.79 Å². The van der Waals surface area contributed by atoms with Crippen molar-refractivity contribution in [3.05, 3.63) is 87.2 Å². The summed E-state index contributed by atoms with van der Waals surface area (Å²) in [7, 11) is -5.49. The maximum atomic E-state index is 13.8. The molecule has 0 fully saturated rings. The number of hydrogen-bond acceptors (Lipinski definition) is 4. The van der Waals surface area contributed by atoms with E-state index in [9.17, 15) is 35.2 Å². The van der Waals surface area contributed by atoms with Crippen LogP contribution in [-0.4, -0.2) is 14.3 Å². The molecule has 0 saturated heterocycles. The van der Waals surface area contributed by atoms with Crippen LogP contribution >= 0.6 is 23.2 Å². The van der Waals surface area contributed by atoms with Gasteiger partial charge in [0.05, 0.1) is 0 Å². The highest BCUT2D eigenvalue weighted by atomic mass is 35.5. The summed E-state index contributed by atoms with van der Waals surface area (Å²) in [5.41, 5.74) is 0.0269. The van der Waals surface area contributed by atoms with E-state index in [4.69, 9.17) is 23.2 Å². The van der Waals surface area contributed by atoms with E-state index in [-0.39, 0.29) is 21.3 Å². The molecule has 1 amide bonds. The lowest BCUT2D eigenvalue weighted by atomic mass is 10.2. The third-order valence-electron chi connectivity index (χ3n) is 3.84. The second-order valence-electron chi connectivity index (χ2n) is 6.08. The number of benzene rings is 3. The van der Waals surface area contributed by atoms with E-state index in [0.717, 1.165) is 12.1 Å². The highest BCUT2D eigenvalue weighted by Crippen LogP contribution is 2.30. The van der Waals surface area contributed by atoms with Gasteiger partial charge in [0.1, 0.15) is 5.75 Å². The van der Waals surface area contributed by atoms with Crippen molar-refractivity contribution in [2.24, 2.45) is 0 Å². The zero-order chi connectivity index (χ0) is 23.8. The molecule has 5 nitrogen and oxygen atoms in total. The number of carbonyl (C=O) groups excluding carboxylic acids is 1. The maximum absolute atomic E-state index is 13.8. The molecule has 3 aromatic rings. The van der Waals surface area contributed by atoms with Crippen molar-refractivity contribution >= 4 is 44.9 Å². The average Bonchev–Trinajstić information content (AvgIpc) is 2.70. The van der Waals surface area contributed by atoms with E-state index >= 15 is 0 Å². The fraction of sp³-hybridized carbons (Fsp3) is 0. The second-order valence-corrected chi connectivity index (χ2v) is 8.43. The molecule has 0 aromatic heterocycles.